The van der Waals surface area contributed by atoms with Crippen molar-refractivity contribution in [2.75, 3.05) is 13.2 Å². The third-order valence-electron chi connectivity index (χ3n) is 6.02. The van der Waals surface area contributed by atoms with Crippen LogP contribution in [0, 0.1) is 0 Å². The monoisotopic (exact) mass is 447 g/mol. The molecule has 1 aromatic rings. The predicted molar refractivity (Wildman–Crippen MR) is 130 cm³/mol. The number of pyridine rings is 1. The molecular formula is C27H47N2O3+. The van der Waals surface area contributed by atoms with Crippen LogP contribution in [0.1, 0.15) is 110 Å². The zero-order valence-electron chi connectivity index (χ0n) is 20.5. The standard InChI is InChI=1S/C27H47N2O3/c1-2-3-4-5-6-7-8-9-10-11-12-13-14-15-17-20-26(31)29(23-24-30)27(32)25-28-21-18-16-19-22-28/h16,18-19,21-22,30H,2-15,17,20,23-25H2,1H3/q+1. The Hall–Kier alpha value is -1.75. The molecule has 0 saturated heterocycles. The van der Waals surface area contributed by atoms with Gasteiger partial charge in [-0.05, 0) is 6.42 Å². The number of hydrogen-bond acceptors (Lipinski definition) is 3. The van der Waals surface area contributed by atoms with Gasteiger partial charge in [-0.15, -0.1) is 0 Å². The molecule has 1 N–H and O–H groups in total. The SMILES string of the molecule is CCCCCCCCCCCCCCCCCC(=O)N(CCO)C(=O)C[n+]1ccccc1. The molecule has 0 aliphatic rings. The van der Waals surface area contributed by atoms with Crippen molar-refractivity contribution in [1.29, 1.82) is 0 Å². The van der Waals surface area contributed by atoms with Gasteiger partial charge in [0.2, 0.25) is 12.5 Å². The molecule has 32 heavy (non-hydrogen) atoms. The van der Waals surface area contributed by atoms with Gasteiger partial charge in [-0.25, -0.2) is 0 Å². The van der Waals surface area contributed by atoms with Crippen LogP contribution >= 0.6 is 0 Å². The van der Waals surface area contributed by atoms with Gasteiger partial charge in [0.1, 0.15) is 0 Å². The van der Waals surface area contributed by atoms with Crippen molar-refractivity contribution in [3.8, 4) is 0 Å². The highest BCUT2D eigenvalue weighted by Gasteiger charge is 2.23. The van der Waals surface area contributed by atoms with E-state index in [0.29, 0.717) is 6.42 Å². The predicted octanol–water partition coefficient (Wildman–Crippen LogP) is 5.58. The summed E-state index contributed by atoms with van der Waals surface area (Å²) in [6.45, 7) is 2.26. The van der Waals surface area contributed by atoms with E-state index in [9.17, 15) is 14.7 Å². The number of aliphatic hydroxyl groups is 1. The summed E-state index contributed by atoms with van der Waals surface area (Å²) in [6, 6.07) is 5.58. The molecule has 0 aromatic carbocycles. The number of amides is 2. The number of rotatable bonds is 20. The lowest BCUT2D eigenvalue weighted by Crippen LogP contribution is -2.47. The minimum Gasteiger partial charge on any atom is -0.395 e. The summed E-state index contributed by atoms with van der Waals surface area (Å²) in [7, 11) is 0. The lowest BCUT2D eigenvalue weighted by Gasteiger charge is -2.18. The van der Waals surface area contributed by atoms with Crippen LogP contribution in [-0.2, 0) is 16.1 Å². The third-order valence-corrected chi connectivity index (χ3v) is 6.02. The highest BCUT2D eigenvalue weighted by molar-refractivity contribution is 5.94. The second kappa shape index (κ2) is 19.9. The van der Waals surface area contributed by atoms with Crippen molar-refractivity contribution in [1.82, 2.24) is 4.90 Å². The van der Waals surface area contributed by atoms with Gasteiger partial charge in [0.05, 0.1) is 13.2 Å². The Morgan fingerprint density at radius 1 is 0.688 bits per heavy atom. The first-order valence-electron chi connectivity index (χ1n) is 13.1. The Balaban J connectivity index is 2.03. The van der Waals surface area contributed by atoms with Gasteiger partial charge in [0, 0.05) is 18.6 Å². The first kappa shape index (κ1) is 28.3. The largest absolute Gasteiger partial charge is 0.395 e. The highest BCUT2D eigenvalue weighted by Crippen LogP contribution is 2.14. The van der Waals surface area contributed by atoms with Crippen LogP contribution in [-0.4, -0.2) is 35.0 Å². The average molecular weight is 448 g/mol. The molecule has 0 saturated carbocycles. The molecule has 0 bridgehead atoms. The smallest absolute Gasteiger partial charge is 0.295 e. The van der Waals surface area contributed by atoms with Crippen molar-refractivity contribution in [3.63, 3.8) is 0 Å². The van der Waals surface area contributed by atoms with Crippen LogP contribution in [0.5, 0.6) is 0 Å². The van der Waals surface area contributed by atoms with E-state index >= 15 is 0 Å². The molecule has 0 radical (unpaired) electrons. The van der Waals surface area contributed by atoms with E-state index < -0.39 is 0 Å². The van der Waals surface area contributed by atoms with Crippen LogP contribution in [0.3, 0.4) is 0 Å². The highest BCUT2D eigenvalue weighted by atomic mass is 16.3. The lowest BCUT2D eigenvalue weighted by molar-refractivity contribution is -0.685. The van der Waals surface area contributed by atoms with Crippen LogP contribution in [0.25, 0.3) is 0 Å². The molecule has 182 valence electrons. The van der Waals surface area contributed by atoms with E-state index in [0.717, 1.165) is 19.3 Å². The molecule has 2 amide bonds. The van der Waals surface area contributed by atoms with Crippen molar-refractivity contribution < 1.29 is 19.3 Å². The Morgan fingerprint density at radius 2 is 1.16 bits per heavy atom. The molecule has 5 nitrogen and oxygen atoms in total. The van der Waals surface area contributed by atoms with E-state index in [1.807, 2.05) is 18.2 Å². The average Bonchev–Trinajstić information content (AvgIpc) is 2.80. The van der Waals surface area contributed by atoms with Gasteiger partial charge < -0.3 is 5.11 Å². The van der Waals surface area contributed by atoms with E-state index in [1.54, 1.807) is 17.0 Å². The zero-order valence-corrected chi connectivity index (χ0v) is 20.5. The van der Waals surface area contributed by atoms with Gasteiger partial charge in [-0.2, -0.15) is 4.57 Å². The first-order chi connectivity index (χ1) is 15.7. The molecule has 1 rings (SSSR count). The maximum atomic E-state index is 12.5. The van der Waals surface area contributed by atoms with Gasteiger partial charge in [-0.3, -0.25) is 14.5 Å². The van der Waals surface area contributed by atoms with E-state index in [4.69, 9.17) is 0 Å². The molecule has 1 aromatic heterocycles. The quantitative estimate of drug-likeness (QED) is 0.210. The second-order valence-corrected chi connectivity index (χ2v) is 8.91. The number of carbonyl (C=O) groups is 2. The number of unbranched alkanes of at least 4 members (excludes halogenated alkanes) is 14. The van der Waals surface area contributed by atoms with Crippen molar-refractivity contribution in [2.45, 2.75) is 116 Å². The fourth-order valence-electron chi connectivity index (χ4n) is 4.05. The molecule has 0 atom stereocenters. The molecule has 1 heterocycles. The second-order valence-electron chi connectivity index (χ2n) is 8.91. The lowest BCUT2D eigenvalue weighted by atomic mass is 10.0. The fourth-order valence-corrected chi connectivity index (χ4v) is 4.05. The van der Waals surface area contributed by atoms with Crippen LogP contribution in [0.4, 0.5) is 0 Å². The molecule has 0 unspecified atom stereocenters. The Bertz CT molecular complexity index is 592. The summed E-state index contributed by atoms with van der Waals surface area (Å²) in [5.74, 6) is -0.434. The third kappa shape index (κ3) is 14.3. The van der Waals surface area contributed by atoms with Gasteiger partial charge in [0.15, 0.2) is 12.4 Å². The van der Waals surface area contributed by atoms with Crippen molar-refractivity contribution in [3.05, 3.63) is 30.6 Å². The molecule has 0 spiro atoms. The van der Waals surface area contributed by atoms with Gasteiger partial charge in [0.25, 0.3) is 5.91 Å². The minimum absolute atomic E-state index is 0.0732. The fraction of sp³-hybridized carbons (Fsp3) is 0.741. The number of aliphatic hydroxyl groups excluding tert-OH is 1. The molecule has 0 aliphatic carbocycles. The van der Waals surface area contributed by atoms with Crippen LogP contribution < -0.4 is 4.57 Å². The normalized spacial score (nSPS) is 10.9. The molecule has 5 heteroatoms. The van der Waals surface area contributed by atoms with Gasteiger partial charge in [-0.1, -0.05) is 103 Å². The number of nitrogens with zero attached hydrogens (tertiary/aromatic N) is 2. The Morgan fingerprint density at radius 3 is 1.62 bits per heavy atom. The Kier molecular flexibility index (Phi) is 17.6. The Labute approximate surface area is 196 Å². The van der Waals surface area contributed by atoms with E-state index in [-0.39, 0.29) is 31.5 Å². The summed E-state index contributed by atoms with van der Waals surface area (Å²) < 4.78 is 1.74. The maximum absolute atomic E-state index is 12.5. The number of aromatic nitrogens is 1. The minimum atomic E-state index is -0.263. The van der Waals surface area contributed by atoms with Crippen molar-refractivity contribution >= 4 is 11.8 Å². The van der Waals surface area contributed by atoms with Crippen LogP contribution in [0.15, 0.2) is 30.6 Å². The number of hydrogen-bond donors (Lipinski definition) is 1. The maximum Gasteiger partial charge on any atom is 0.295 e. The van der Waals surface area contributed by atoms with E-state index in [2.05, 4.69) is 6.92 Å². The summed E-state index contributed by atoms with van der Waals surface area (Å²) in [5, 5.41) is 9.25. The molecule has 0 fully saturated rings. The summed E-state index contributed by atoms with van der Waals surface area (Å²) >= 11 is 0. The molecular weight excluding hydrogens is 400 g/mol. The van der Waals surface area contributed by atoms with Crippen LogP contribution in [0.2, 0.25) is 0 Å². The van der Waals surface area contributed by atoms with Crippen molar-refractivity contribution in [2.24, 2.45) is 0 Å². The molecule has 0 aliphatic heterocycles. The van der Waals surface area contributed by atoms with E-state index in [1.165, 1.54) is 81.9 Å². The summed E-state index contributed by atoms with van der Waals surface area (Å²) in [6.07, 6.45) is 23.3. The van der Waals surface area contributed by atoms with Gasteiger partial charge >= 0.3 is 0 Å². The topological polar surface area (TPSA) is 61.5 Å². The summed E-state index contributed by atoms with van der Waals surface area (Å²) in [5.41, 5.74) is 0. The number of carbonyl (C=O) groups excluding carboxylic acids is 2. The number of imide groups is 1. The zero-order chi connectivity index (χ0) is 23.3. The summed E-state index contributed by atoms with van der Waals surface area (Å²) in [4.78, 5) is 26.2. The first-order valence-corrected chi connectivity index (χ1v) is 13.1.